The summed E-state index contributed by atoms with van der Waals surface area (Å²) in [5, 5.41) is 0. The summed E-state index contributed by atoms with van der Waals surface area (Å²) in [5.41, 5.74) is 9.55. The van der Waals surface area contributed by atoms with Crippen LogP contribution in [0.15, 0.2) is 42.5 Å². The molecule has 2 N–H and O–H groups in total. The fourth-order valence-corrected chi connectivity index (χ4v) is 2.99. The average molecular weight is 384 g/mol. The van der Waals surface area contributed by atoms with Gasteiger partial charge in [0.1, 0.15) is 13.2 Å². The molecular formula is C22H28N2O4. The van der Waals surface area contributed by atoms with Crippen LogP contribution >= 0.6 is 0 Å². The van der Waals surface area contributed by atoms with Crippen LogP contribution in [-0.4, -0.2) is 12.2 Å². The van der Waals surface area contributed by atoms with Crippen molar-refractivity contribution in [3.8, 4) is 0 Å². The highest BCUT2D eigenvalue weighted by Crippen LogP contribution is 2.23. The lowest BCUT2D eigenvalue weighted by atomic mass is 9.94. The second kappa shape index (κ2) is 10.3. The summed E-state index contributed by atoms with van der Waals surface area (Å²) in [7, 11) is 0. The van der Waals surface area contributed by atoms with E-state index in [0.29, 0.717) is 5.92 Å². The number of carbonyl (C=O) groups is 2. The molecule has 0 spiro atoms. The van der Waals surface area contributed by atoms with Gasteiger partial charge >= 0.3 is 12.2 Å². The number of hydrogen-bond acceptors (Lipinski definition) is 4. The molecule has 0 aromatic heterocycles. The number of ether oxygens (including phenoxy) is 2. The second-order valence-corrected chi connectivity index (χ2v) is 6.91. The molecule has 6 heteroatoms. The molecule has 2 rings (SSSR count). The number of amides is 2. The van der Waals surface area contributed by atoms with Crippen LogP contribution in [0.3, 0.4) is 0 Å². The monoisotopic (exact) mass is 384 g/mol. The van der Waals surface area contributed by atoms with Gasteiger partial charge in [0.2, 0.25) is 0 Å². The topological polar surface area (TPSA) is 76.7 Å². The quantitative estimate of drug-likeness (QED) is 0.696. The number of hydrazine groups is 1. The molecule has 1 unspecified atom stereocenters. The van der Waals surface area contributed by atoms with Crippen LogP contribution in [0.5, 0.6) is 0 Å². The molecule has 6 nitrogen and oxygen atoms in total. The van der Waals surface area contributed by atoms with Crippen molar-refractivity contribution in [2.45, 2.75) is 53.2 Å². The third-order valence-electron chi connectivity index (χ3n) is 4.48. The molecule has 1 atom stereocenters. The van der Waals surface area contributed by atoms with Crippen LogP contribution in [0.1, 0.15) is 54.0 Å². The Morgan fingerprint density at radius 1 is 0.929 bits per heavy atom. The standard InChI is InChI=1S/C22H28N2O4/c1-5-17(4)20-9-7-6-8-19(20)14-28-22(26)24-23-21(25)27-13-18-11-15(2)10-16(3)12-18/h6-12,17H,5,13-14H2,1-4H3,(H,23,25)(H,24,26). The van der Waals surface area contributed by atoms with Gasteiger partial charge < -0.3 is 9.47 Å². The van der Waals surface area contributed by atoms with Gasteiger partial charge in [-0.1, -0.05) is 67.4 Å². The smallest absolute Gasteiger partial charge is 0.426 e. The summed E-state index contributed by atoms with van der Waals surface area (Å²) in [4.78, 5) is 23.6. The Morgan fingerprint density at radius 3 is 2.11 bits per heavy atom. The van der Waals surface area contributed by atoms with Gasteiger partial charge in [0.05, 0.1) is 0 Å². The van der Waals surface area contributed by atoms with Crippen LogP contribution in [0, 0.1) is 13.8 Å². The maximum Gasteiger partial charge on any atom is 0.426 e. The SMILES string of the molecule is CCC(C)c1ccccc1COC(=O)NNC(=O)OCc1cc(C)cc(C)c1. The average Bonchev–Trinajstić information content (AvgIpc) is 2.68. The Kier molecular flexibility index (Phi) is 7.87. The highest BCUT2D eigenvalue weighted by molar-refractivity contribution is 5.73. The van der Waals surface area contributed by atoms with Crippen LogP contribution in [-0.2, 0) is 22.7 Å². The van der Waals surface area contributed by atoms with Gasteiger partial charge in [-0.25, -0.2) is 20.4 Å². The Bertz CT molecular complexity index is 800. The Morgan fingerprint density at radius 2 is 1.50 bits per heavy atom. The van der Waals surface area contributed by atoms with Crippen LogP contribution in [0.2, 0.25) is 0 Å². The molecule has 0 saturated carbocycles. The Hall–Kier alpha value is -3.02. The number of benzene rings is 2. The lowest BCUT2D eigenvalue weighted by Crippen LogP contribution is -2.42. The number of aryl methyl sites for hydroxylation is 2. The molecule has 2 amide bonds. The van der Waals surface area contributed by atoms with E-state index in [1.54, 1.807) is 0 Å². The van der Waals surface area contributed by atoms with Crippen molar-refractivity contribution in [1.82, 2.24) is 10.9 Å². The van der Waals surface area contributed by atoms with E-state index in [1.165, 1.54) is 0 Å². The van der Waals surface area contributed by atoms with Crippen molar-refractivity contribution in [3.05, 3.63) is 70.3 Å². The highest BCUT2D eigenvalue weighted by atomic mass is 16.6. The third-order valence-corrected chi connectivity index (χ3v) is 4.48. The van der Waals surface area contributed by atoms with Gasteiger partial charge in [-0.3, -0.25) is 0 Å². The first-order chi connectivity index (χ1) is 13.4. The van der Waals surface area contributed by atoms with Crippen molar-refractivity contribution in [2.24, 2.45) is 0 Å². The predicted molar refractivity (Wildman–Crippen MR) is 108 cm³/mol. The molecule has 150 valence electrons. The van der Waals surface area contributed by atoms with E-state index in [2.05, 4.69) is 24.7 Å². The predicted octanol–water partition coefficient (Wildman–Crippen LogP) is 4.88. The number of carbonyl (C=O) groups excluding carboxylic acids is 2. The second-order valence-electron chi connectivity index (χ2n) is 6.91. The lowest BCUT2D eigenvalue weighted by Gasteiger charge is -2.15. The molecule has 0 aliphatic carbocycles. The maximum atomic E-state index is 11.8. The van der Waals surface area contributed by atoms with Crippen LogP contribution < -0.4 is 10.9 Å². The van der Waals surface area contributed by atoms with E-state index in [0.717, 1.165) is 34.2 Å². The molecule has 2 aromatic rings. The highest BCUT2D eigenvalue weighted by Gasteiger charge is 2.11. The molecular weight excluding hydrogens is 356 g/mol. The first-order valence-corrected chi connectivity index (χ1v) is 9.39. The zero-order valence-electron chi connectivity index (χ0n) is 16.9. The van der Waals surface area contributed by atoms with Gasteiger partial charge in [-0.2, -0.15) is 0 Å². The van der Waals surface area contributed by atoms with Crippen molar-refractivity contribution < 1.29 is 19.1 Å². The van der Waals surface area contributed by atoms with Crippen LogP contribution in [0.4, 0.5) is 9.59 Å². The zero-order valence-corrected chi connectivity index (χ0v) is 16.9. The molecule has 0 heterocycles. The van der Waals surface area contributed by atoms with Crippen molar-refractivity contribution >= 4 is 12.2 Å². The number of nitrogens with one attached hydrogen (secondary N) is 2. The number of hydrogen-bond donors (Lipinski definition) is 2. The number of rotatable bonds is 6. The van der Waals surface area contributed by atoms with Crippen molar-refractivity contribution in [2.75, 3.05) is 0 Å². The molecule has 0 aliphatic rings. The zero-order chi connectivity index (χ0) is 20.5. The Labute approximate surface area is 166 Å². The van der Waals surface area contributed by atoms with Gasteiger partial charge in [0, 0.05) is 0 Å². The summed E-state index contributed by atoms with van der Waals surface area (Å²) < 4.78 is 10.3. The van der Waals surface area contributed by atoms with E-state index >= 15 is 0 Å². The minimum atomic E-state index is -0.754. The van der Waals surface area contributed by atoms with Crippen LogP contribution in [0.25, 0.3) is 0 Å². The van der Waals surface area contributed by atoms with E-state index < -0.39 is 12.2 Å². The third kappa shape index (κ3) is 6.61. The largest absolute Gasteiger partial charge is 0.443 e. The summed E-state index contributed by atoms with van der Waals surface area (Å²) >= 11 is 0. The van der Waals surface area contributed by atoms with E-state index in [4.69, 9.17) is 9.47 Å². The molecule has 0 bridgehead atoms. The van der Waals surface area contributed by atoms with E-state index in [9.17, 15) is 9.59 Å². The molecule has 0 saturated heterocycles. The summed E-state index contributed by atoms with van der Waals surface area (Å²) in [6.07, 6.45) is -0.504. The summed E-state index contributed by atoms with van der Waals surface area (Å²) in [5.74, 6) is 0.376. The van der Waals surface area contributed by atoms with Gasteiger partial charge in [0.25, 0.3) is 0 Å². The maximum absolute atomic E-state index is 11.8. The normalized spacial score (nSPS) is 11.4. The Balaban J connectivity index is 1.76. The van der Waals surface area contributed by atoms with Crippen molar-refractivity contribution in [3.63, 3.8) is 0 Å². The first-order valence-electron chi connectivity index (χ1n) is 9.39. The molecule has 0 aliphatic heterocycles. The summed E-state index contributed by atoms with van der Waals surface area (Å²) in [6, 6.07) is 13.8. The summed E-state index contributed by atoms with van der Waals surface area (Å²) in [6.45, 7) is 8.45. The minimum absolute atomic E-state index is 0.118. The molecule has 0 fully saturated rings. The fraction of sp³-hybridized carbons (Fsp3) is 0.364. The molecule has 28 heavy (non-hydrogen) atoms. The van der Waals surface area contributed by atoms with Gasteiger partial charge in [0.15, 0.2) is 0 Å². The molecule has 0 radical (unpaired) electrons. The van der Waals surface area contributed by atoms with Gasteiger partial charge in [-0.05, 0) is 42.9 Å². The van der Waals surface area contributed by atoms with E-state index in [1.807, 2.05) is 56.3 Å². The lowest BCUT2D eigenvalue weighted by molar-refractivity contribution is 0.117. The van der Waals surface area contributed by atoms with Crippen molar-refractivity contribution in [1.29, 1.82) is 0 Å². The fourth-order valence-electron chi connectivity index (χ4n) is 2.99. The minimum Gasteiger partial charge on any atom is -0.443 e. The first kappa shape index (κ1) is 21.3. The molecule has 2 aromatic carbocycles. The van der Waals surface area contributed by atoms with E-state index in [-0.39, 0.29) is 13.2 Å². The van der Waals surface area contributed by atoms with Gasteiger partial charge in [-0.15, -0.1) is 0 Å².